The second-order valence-corrected chi connectivity index (χ2v) is 8.71. The van der Waals surface area contributed by atoms with Gasteiger partial charge in [0.2, 0.25) is 0 Å². The second-order valence-electron chi connectivity index (χ2n) is 6.68. The number of fused-ring (bicyclic) bond motifs is 1. The van der Waals surface area contributed by atoms with Crippen molar-refractivity contribution in [3.63, 3.8) is 0 Å². The summed E-state index contributed by atoms with van der Waals surface area (Å²) in [6.07, 6.45) is 0. The Labute approximate surface area is 174 Å². The molecule has 3 aromatic carbocycles. The van der Waals surface area contributed by atoms with E-state index in [1.807, 2.05) is 55.5 Å². The van der Waals surface area contributed by atoms with Crippen LogP contribution < -0.4 is 0 Å². The third-order valence-corrected chi connectivity index (χ3v) is 6.24. The lowest BCUT2D eigenvalue weighted by Gasteiger charge is -2.11. The summed E-state index contributed by atoms with van der Waals surface area (Å²) in [4.78, 5) is 4.79. The van der Waals surface area contributed by atoms with Crippen LogP contribution in [-0.2, 0) is 20.9 Å². The third-order valence-electron chi connectivity index (χ3n) is 4.63. The first kappa shape index (κ1) is 19.6. The van der Waals surface area contributed by atoms with Crippen LogP contribution in [0, 0.1) is 6.92 Å². The normalized spacial score (nSPS) is 11.7. The predicted molar refractivity (Wildman–Crippen MR) is 115 cm³/mol. The Kier molecular flexibility index (Phi) is 5.37. The van der Waals surface area contributed by atoms with Crippen LogP contribution in [0.1, 0.15) is 11.3 Å². The average Bonchev–Trinajstić information content (AvgIpc) is 2.72. The number of hydrogen-bond donors (Lipinski definition) is 0. The lowest BCUT2D eigenvalue weighted by Crippen LogP contribution is -2.08. The van der Waals surface area contributed by atoms with Crippen molar-refractivity contribution in [2.45, 2.75) is 18.4 Å². The van der Waals surface area contributed by atoms with Crippen molar-refractivity contribution in [2.75, 3.05) is 0 Å². The summed E-state index contributed by atoms with van der Waals surface area (Å²) in [6.45, 7) is 1.72. The van der Waals surface area contributed by atoms with E-state index in [2.05, 4.69) is 4.98 Å². The Morgan fingerprint density at radius 2 is 1.62 bits per heavy atom. The van der Waals surface area contributed by atoms with Crippen LogP contribution in [0.2, 0.25) is 5.02 Å². The Balaban J connectivity index is 1.73. The standard InChI is InChI=1S/C23H18ClNO3S/c1-16-10-12-18(13-11-16)29(26,27)28-15-23-19-7-3-2-6-17(19)14-22(25-23)20-8-4-5-9-21(20)24/h2-14H,15H2,1H3. The van der Waals surface area contributed by atoms with Crippen molar-refractivity contribution in [1.82, 2.24) is 4.98 Å². The number of halogens is 1. The molecule has 0 atom stereocenters. The summed E-state index contributed by atoms with van der Waals surface area (Å²) in [5.41, 5.74) is 2.96. The molecule has 1 aromatic heterocycles. The zero-order valence-electron chi connectivity index (χ0n) is 15.7. The van der Waals surface area contributed by atoms with Crippen molar-refractivity contribution in [3.8, 4) is 11.3 Å². The molecule has 6 heteroatoms. The number of aryl methyl sites for hydroxylation is 1. The monoisotopic (exact) mass is 423 g/mol. The number of hydrogen-bond acceptors (Lipinski definition) is 4. The summed E-state index contributed by atoms with van der Waals surface area (Å²) < 4.78 is 30.5. The van der Waals surface area contributed by atoms with E-state index < -0.39 is 10.1 Å². The van der Waals surface area contributed by atoms with Crippen molar-refractivity contribution in [3.05, 3.63) is 95.1 Å². The minimum absolute atomic E-state index is 0.120. The molecule has 0 amide bonds. The van der Waals surface area contributed by atoms with Gasteiger partial charge in [-0.1, -0.05) is 71.8 Å². The molecular weight excluding hydrogens is 406 g/mol. The highest BCUT2D eigenvalue weighted by Crippen LogP contribution is 2.30. The number of rotatable bonds is 5. The highest BCUT2D eigenvalue weighted by atomic mass is 35.5. The summed E-state index contributed by atoms with van der Waals surface area (Å²) in [5.74, 6) is 0. The van der Waals surface area contributed by atoms with Gasteiger partial charge in [-0.15, -0.1) is 0 Å². The van der Waals surface area contributed by atoms with Crippen LogP contribution in [0.25, 0.3) is 22.0 Å². The van der Waals surface area contributed by atoms with Crippen LogP contribution >= 0.6 is 11.6 Å². The quantitative estimate of drug-likeness (QED) is 0.382. The fraction of sp³-hybridized carbons (Fsp3) is 0.0870. The molecule has 0 aliphatic rings. The summed E-state index contributed by atoms with van der Waals surface area (Å²) in [6, 6.07) is 23.6. The van der Waals surface area contributed by atoms with Crippen molar-refractivity contribution in [1.29, 1.82) is 0 Å². The van der Waals surface area contributed by atoms with E-state index in [1.54, 1.807) is 18.2 Å². The molecular formula is C23H18ClNO3S. The van der Waals surface area contributed by atoms with Crippen LogP contribution in [-0.4, -0.2) is 13.4 Å². The van der Waals surface area contributed by atoms with E-state index in [0.29, 0.717) is 16.4 Å². The molecule has 0 saturated heterocycles. The van der Waals surface area contributed by atoms with Gasteiger partial charge in [0.15, 0.2) is 0 Å². The largest absolute Gasteiger partial charge is 0.297 e. The van der Waals surface area contributed by atoms with Gasteiger partial charge in [-0.05, 0) is 36.6 Å². The minimum Gasteiger partial charge on any atom is -0.260 e. The third kappa shape index (κ3) is 4.17. The van der Waals surface area contributed by atoms with Gasteiger partial charge >= 0.3 is 0 Å². The van der Waals surface area contributed by atoms with Crippen molar-refractivity contribution >= 4 is 32.5 Å². The Morgan fingerprint density at radius 1 is 0.931 bits per heavy atom. The van der Waals surface area contributed by atoms with Gasteiger partial charge in [-0.2, -0.15) is 8.42 Å². The fourth-order valence-corrected chi connectivity index (χ4v) is 4.20. The van der Waals surface area contributed by atoms with Crippen LogP contribution in [0.15, 0.2) is 83.8 Å². The van der Waals surface area contributed by atoms with E-state index in [1.165, 1.54) is 12.1 Å². The van der Waals surface area contributed by atoms with Crippen molar-refractivity contribution in [2.24, 2.45) is 0 Å². The molecule has 0 aliphatic heterocycles. The van der Waals surface area contributed by atoms with Crippen LogP contribution in [0.4, 0.5) is 0 Å². The first-order valence-electron chi connectivity index (χ1n) is 9.04. The molecule has 0 aliphatic carbocycles. The van der Waals surface area contributed by atoms with E-state index in [-0.39, 0.29) is 11.5 Å². The Bertz CT molecular complexity index is 1290. The zero-order valence-corrected chi connectivity index (χ0v) is 17.2. The molecule has 4 rings (SSSR count). The highest BCUT2D eigenvalue weighted by Gasteiger charge is 2.17. The lowest BCUT2D eigenvalue weighted by atomic mass is 10.1. The zero-order chi connectivity index (χ0) is 20.4. The summed E-state index contributed by atoms with van der Waals surface area (Å²) >= 11 is 6.34. The number of benzene rings is 3. The van der Waals surface area contributed by atoms with Gasteiger partial charge in [0.1, 0.15) is 6.61 Å². The van der Waals surface area contributed by atoms with Gasteiger partial charge in [-0.3, -0.25) is 4.18 Å². The molecule has 0 fully saturated rings. The van der Waals surface area contributed by atoms with Crippen LogP contribution in [0.3, 0.4) is 0 Å². The SMILES string of the molecule is Cc1ccc(S(=O)(=O)OCc2nc(-c3ccccc3Cl)cc3ccccc23)cc1. The Morgan fingerprint density at radius 3 is 2.38 bits per heavy atom. The Hall–Kier alpha value is -2.73. The molecule has 29 heavy (non-hydrogen) atoms. The van der Waals surface area contributed by atoms with Gasteiger partial charge in [0.05, 0.1) is 16.3 Å². The highest BCUT2D eigenvalue weighted by molar-refractivity contribution is 7.86. The lowest BCUT2D eigenvalue weighted by molar-refractivity contribution is 0.305. The van der Waals surface area contributed by atoms with E-state index in [9.17, 15) is 8.42 Å². The molecule has 0 spiro atoms. The first-order chi connectivity index (χ1) is 13.9. The smallest absolute Gasteiger partial charge is 0.260 e. The number of nitrogens with zero attached hydrogens (tertiary/aromatic N) is 1. The first-order valence-corrected chi connectivity index (χ1v) is 10.8. The average molecular weight is 424 g/mol. The molecule has 0 radical (unpaired) electrons. The minimum atomic E-state index is -3.90. The molecule has 0 N–H and O–H groups in total. The number of pyridine rings is 1. The maximum atomic E-state index is 12.6. The summed E-state index contributed by atoms with van der Waals surface area (Å²) in [7, 11) is -3.90. The van der Waals surface area contributed by atoms with Gasteiger partial charge in [0, 0.05) is 16.0 Å². The van der Waals surface area contributed by atoms with E-state index >= 15 is 0 Å². The molecule has 0 unspecified atom stereocenters. The number of aromatic nitrogens is 1. The molecule has 1 heterocycles. The maximum absolute atomic E-state index is 12.6. The molecule has 4 aromatic rings. The maximum Gasteiger partial charge on any atom is 0.297 e. The molecule has 4 nitrogen and oxygen atoms in total. The molecule has 0 bridgehead atoms. The molecule has 0 saturated carbocycles. The van der Waals surface area contributed by atoms with Crippen molar-refractivity contribution < 1.29 is 12.6 Å². The van der Waals surface area contributed by atoms with Gasteiger partial charge in [-0.25, -0.2) is 4.98 Å². The van der Waals surface area contributed by atoms with E-state index in [4.69, 9.17) is 15.8 Å². The topological polar surface area (TPSA) is 56.3 Å². The fourth-order valence-electron chi connectivity index (χ4n) is 3.09. The predicted octanol–water partition coefficient (Wildman–Crippen LogP) is 5.77. The van der Waals surface area contributed by atoms with Crippen LogP contribution in [0.5, 0.6) is 0 Å². The van der Waals surface area contributed by atoms with Gasteiger partial charge in [0.25, 0.3) is 10.1 Å². The van der Waals surface area contributed by atoms with Gasteiger partial charge < -0.3 is 0 Å². The van der Waals surface area contributed by atoms with E-state index in [0.717, 1.165) is 21.9 Å². The summed E-state index contributed by atoms with van der Waals surface area (Å²) in [5, 5.41) is 2.35. The molecule has 146 valence electrons. The second kappa shape index (κ2) is 7.95.